The number of benzene rings is 1. The molecule has 0 bridgehead atoms. The number of nitrogens with one attached hydrogen (secondary N) is 2. The second kappa shape index (κ2) is 7.92. The van der Waals surface area contributed by atoms with Crippen molar-refractivity contribution in [3.63, 3.8) is 0 Å². The van der Waals surface area contributed by atoms with Crippen LogP contribution in [0.5, 0.6) is 5.75 Å². The van der Waals surface area contributed by atoms with Crippen LogP contribution in [-0.4, -0.2) is 36.7 Å². The van der Waals surface area contributed by atoms with Gasteiger partial charge in [-0.2, -0.15) is 5.10 Å². The molecule has 1 aromatic carbocycles. The van der Waals surface area contributed by atoms with Crippen LogP contribution in [0, 0.1) is 0 Å². The molecule has 8 nitrogen and oxygen atoms in total. The van der Waals surface area contributed by atoms with Crippen LogP contribution in [0.1, 0.15) is 19.8 Å². The summed E-state index contributed by atoms with van der Waals surface area (Å²) in [7, 11) is 0. The second-order valence-corrected chi connectivity index (χ2v) is 4.65. The van der Waals surface area contributed by atoms with Crippen molar-refractivity contribution in [3.8, 4) is 5.75 Å². The summed E-state index contributed by atoms with van der Waals surface area (Å²) in [6.07, 6.45) is 0.362. The summed E-state index contributed by atoms with van der Waals surface area (Å²) in [6.45, 7) is 1.85. The van der Waals surface area contributed by atoms with E-state index in [1.165, 1.54) is 0 Å². The molecule has 0 atom stereocenters. The quantitative estimate of drug-likeness (QED) is 0.756. The lowest BCUT2D eigenvalue weighted by Gasteiger charge is -2.13. The van der Waals surface area contributed by atoms with E-state index in [1.54, 1.807) is 24.3 Å². The lowest BCUT2D eigenvalue weighted by atomic mass is 10.2. The van der Waals surface area contributed by atoms with E-state index in [2.05, 4.69) is 15.8 Å². The van der Waals surface area contributed by atoms with Crippen LogP contribution in [0.4, 0.5) is 5.69 Å². The summed E-state index contributed by atoms with van der Waals surface area (Å²) >= 11 is 0. The fraction of sp³-hybridized carbons (Fsp3) is 0.333. The molecule has 0 aliphatic carbocycles. The molecular formula is C15H17N3O5. The maximum absolute atomic E-state index is 11.9. The van der Waals surface area contributed by atoms with Crippen molar-refractivity contribution in [2.75, 3.05) is 18.5 Å². The van der Waals surface area contributed by atoms with Crippen LogP contribution >= 0.6 is 0 Å². The first kappa shape index (κ1) is 16.5. The van der Waals surface area contributed by atoms with Gasteiger partial charge in [-0.05, 0) is 19.1 Å². The highest BCUT2D eigenvalue weighted by atomic mass is 16.5. The number of nitrogens with zero attached hydrogens (tertiary/aromatic N) is 1. The van der Waals surface area contributed by atoms with Crippen LogP contribution in [0.2, 0.25) is 0 Å². The number of amides is 2. The van der Waals surface area contributed by atoms with Crippen LogP contribution in [0.25, 0.3) is 0 Å². The van der Waals surface area contributed by atoms with Gasteiger partial charge in [0.1, 0.15) is 11.5 Å². The molecule has 2 rings (SSSR count). The maximum Gasteiger partial charge on any atom is 0.355 e. The minimum Gasteiger partial charge on any atom is -0.492 e. The van der Waals surface area contributed by atoms with Crippen LogP contribution < -0.4 is 15.5 Å². The molecule has 23 heavy (non-hydrogen) atoms. The molecule has 0 unspecified atom stereocenters. The Kier molecular flexibility index (Phi) is 5.67. The zero-order chi connectivity index (χ0) is 16.7. The normalized spacial score (nSPS) is 13.6. The van der Waals surface area contributed by atoms with Crippen molar-refractivity contribution in [2.45, 2.75) is 19.8 Å². The Hall–Kier alpha value is -2.90. The van der Waals surface area contributed by atoms with E-state index < -0.39 is 18.5 Å². The van der Waals surface area contributed by atoms with Crippen LogP contribution in [0.3, 0.4) is 0 Å². The van der Waals surface area contributed by atoms with E-state index in [0.29, 0.717) is 18.0 Å². The minimum absolute atomic E-state index is 0.0899. The highest BCUT2D eigenvalue weighted by molar-refractivity contribution is 6.37. The molecule has 0 aromatic heterocycles. The Bertz CT molecular complexity index is 642. The van der Waals surface area contributed by atoms with E-state index in [1.807, 2.05) is 6.92 Å². The molecule has 122 valence electrons. The van der Waals surface area contributed by atoms with Gasteiger partial charge in [-0.15, -0.1) is 0 Å². The van der Waals surface area contributed by atoms with Gasteiger partial charge in [-0.1, -0.05) is 12.1 Å². The van der Waals surface area contributed by atoms with Gasteiger partial charge in [0.05, 0.1) is 12.3 Å². The number of hydrazone groups is 1. The Morgan fingerprint density at radius 2 is 2.09 bits per heavy atom. The largest absolute Gasteiger partial charge is 0.492 e. The molecule has 2 amide bonds. The predicted octanol–water partition coefficient (Wildman–Crippen LogP) is 0.833. The first-order chi connectivity index (χ1) is 11.1. The van der Waals surface area contributed by atoms with Crippen molar-refractivity contribution in [3.05, 3.63) is 24.3 Å². The Morgan fingerprint density at radius 1 is 1.30 bits per heavy atom. The zero-order valence-corrected chi connectivity index (χ0v) is 12.6. The molecule has 1 aromatic rings. The maximum atomic E-state index is 11.9. The van der Waals surface area contributed by atoms with E-state index in [0.717, 1.165) is 0 Å². The number of ether oxygens (including phenoxy) is 2. The summed E-state index contributed by atoms with van der Waals surface area (Å²) in [4.78, 5) is 34.5. The Morgan fingerprint density at radius 3 is 2.78 bits per heavy atom. The number of carbonyl (C=O) groups is 3. The van der Waals surface area contributed by atoms with Gasteiger partial charge in [0.15, 0.2) is 6.61 Å². The summed E-state index contributed by atoms with van der Waals surface area (Å²) in [6, 6.07) is 6.95. The molecule has 0 saturated heterocycles. The van der Waals surface area contributed by atoms with Gasteiger partial charge in [0, 0.05) is 12.8 Å². The fourth-order valence-corrected chi connectivity index (χ4v) is 1.87. The molecule has 0 saturated carbocycles. The molecule has 1 heterocycles. The number of rotatable bonds is 6. The van der Waals surface area contributed by atoms with E-state index in [4.69, 9.17) is 9.47 Å². The molecule has 0 spiro atoms. The minimum atomic E-state index is -0.724. The first-order valence-electron chi connectivity index (χ1n) is 7.14. The van der Waals surface area contributed by atoms with Crippen LogP contribution in [-0.2, 0) is 19.1 Å². The van der Waals surface area contributed by atoms with Gasteiger partial charge >= 0.3 is 5.97 Å². The molecule has 0 radical (unpaired) electrons. The van der Waals surface area contributed by atoms with E-state index in [-0.39, 0.29) is 24.5 Å². The molecule has 1 aliphatic heterocycles. The predicted molar refractivity (Wildman–Crippen MR) is 82.0 cm³/mol. The Balaban J connectivity index is 1.86. The second-order valence-electron chi connectivity index (χ2n) is 4.65. The lowest BCUT2D eigenvalue weighted by Crippen LogP contribution is -2.32. The van der Waals surface area contributed by atoms with Gasteiger partial charge in [-0.25, -0.2) is 10.2 Å². The SMILES string of the molecule is CCOc1ccccc1NC(=O)COC(=O)C1=NNC(=O)CC1. The topological polar surface area (TPSA) is 106 Å². The van der Waals surface area contributed by atoms with Crippen molar-refractivity contribution in [1.29, 1.82) is 0 Å². The van der Waals surface area contributed by atoms with E-state index >= 15 is 0 Å². The van der Waals surface area contributed by atoms with Crippen LogP contribution in [0.15, 0.2) is 29.4 Å². The first-order valence-corrected chi connectivity index (χ1v) is 7.14. The molecule has 1 aliphatic rings. The number of hydrogen-bond acceptors (Lipinski definition) is 6. The molecule has 0 fully saturated rings. The van der Waals surface area contributed by atoms with Crippen molar-refractivity contribution in [1.82, 2.24) is 5.43 Å². The summed E-state index contributed by atoms with van der Waals surface area (Å²) in [5, 5.41) is 6.21. The highest BCUT2D eigenvalue weighted by Crippen LogP contribution is 2.23. The number of carbonyl (C=O) groups excluding carboxylic acids is 3. The number of esters is 1. The number of para-hydroxylation sites is 2. The standard InChI is InChI=1S/C15H17N3O5/c1-2-22-12-6-4-3-5-10(12)16-14(20)9-23-15(21)11-7-8-13(19)18-17-11/h3-6H,2,7-9H2,1H3,(H,16,20)(H,18,19). The molecule has 8 heteroatoms. The third-order valence-corrected chi connectivity index (χ3v) is 2.94. The van der Waals surface area contributed by atoms with Crippen molar-refractivity contribution < 1.29 is 23.9 Å². The van der Waals surface area contributed by atoms with Gasteiger partial charge < -0.3 is 14.8 Å². The smallest absolute Gasteiger partial charge is 0.355 e. The Labute approximate surface area is 132 Å². The molecule has 2 N–H and O–H groups in total. The zero-order valence-electron chi connectivity index (χ0n) is 12.6. The van der Waals surface area contributed by atoms with Gasteiger partial charge in [0.2, 0.25) is 5.91 Å². The lowest BCUT2D eigenvalue weighted by molar-refractivity contribution is -0.140. The highest BCUT2D eigenvalue weighted by Gasteiger charge is 2.20. The average molecular weight is 319 g/mol. The number of anilines is 1. The fourth-order valence-electron chi connectivity index (χ4n) is 1.87. The van der Waals surface area contributed by atoms with Gasteiger partial charge in [0.25, 0.3) is 5.91 Å². The number of hydrogen-bond donors (Lipinski definition) is 2. The monoisotopic (exact) mass is 319 g/mol. The summed E-state index contributed by atoms with van der Waals surface area (Å²) in [5.41, 5.74) is 2.78. The van der Waals surface area contributed by atoms with Crippen molar-refractivity contribution in [2.24, 2.45) is 5.10 Å². The average Bonchev–Trinajstić information content (AvgIpc) is 2.55. The van der Waals surface area contributed by atoms with E-state index in [9.17, 15) is 14.4 Å². The molecular weight excluding hydrogens is 302 g/mol. The third-order valence-electron chi connectivity index (χ3n) is 2.94. The van der Waals surface area contributed by atoms with Gasteiger partial charge in [-0.3, -0.25) is 9.59 Å². The van der Waals surface area contributed by atoms with Crippen molar-refractivity contribution >= 4 is 29.2 Å². The summed E-state index contributed by atoms with van der Waals surface area (Å²) in [5.74, 6) is -0.940. The summed E-state index contributed by atoms with van der Waals surface area (Å²) < 4.78 is 10.3. The third kappa shape index (κ3) is 4.80.